The number of ketones is 1. The normalized spacial score (nSPS) is 22.5. The van der Waals surface area contributed by atoms with Crippen molar-refractivity contribution in [3.05, 3.63) is 77.0 Å². The van der Waals surface area contributed by atoms with Gasteiger partial charge in [-0.15, -0.1) is 0 Å². The van der Waals surface area contributed by atoms with Crippen LogP contribution in [0.25, 0.3) is 0 Å². The minimum Gasteiger partial charge on any atom is -0.466 e. The largest absolute Gasteiger partial charge is 0.466 e. The zero-order chi connectivity index (χ0) is 23.5. The van der Waals surface area contributed by atoms with Crippen molar-refractivity contribution < 1.29 is 14.3 Å². The van der Waals surface area contributed by atoms with E-state index in [2.05, 4.69) is 43.0 Å². The van der Waals surface area contributed by atoms with E-state index in [-0.39, 0.29) is 17.6 Å². The van der Waals surface area contributed by atoms with Gasteiger partial charge in [-0.3, -0.25) is 9.79 Å². The molecular formula is C28H32N2O3. The SMILES string of the molecule is CCN(CC)c1ccc([C@H]2C(C(=O)OC)=C(C)N=C3C[C@H](c4ccccc4)CC(=O)C32)cc1. The number of carbonyl (C=O) groups excluding carboxylic acids is 2. The second-order valence-electron chi connectivity index (χ2n) is 8.80. The number of Topliss-reactive ketones (excluding diaryl/α,β-unsaturated/α-hetero) is 1. The topological polar surface area (TPSA) is 59.0 Å². The summed E-state index contributed by atoms with van der Waals surface area (Å²) in [7, 11) is 1.39. The highest BCUT2D eigenvalue weighted by molar-refractivity contribution is 6.12. The number of ether oxygens (including phenoxy) is 1. The van der Waals surface area contributed by atoms with E-state index in [1.807, 2.05) is 37.3 Å². The number of methoxy groups -OCH3 is 1. The van der Waals surface area contributed by atoms with Gasteiger partial charge in [0.1, 0.15) is 5.78 Å². The van der Waals surface area contributed by atoms with Gasteiger partial charge in [0.05, 0.1) is 18.6 Å². The van der Waals surface area contributed by atoms with E-state index in [9.17, 15) is 9.59 Å². The summed E-state index contributed by atoms with van der Waals surface area (Å²) >= 11 is 0. The second kappa shape index (κ2) is 9.74. The van der Waals surface area contributed by atoms with Gasteiger partial charge < -0.3 is 9.64 Å². The number of allylic oxidation sites excluding steroid dienone is 1. The van der Waals surface area contributed by atoms with Crippen LogP contribution in [0, 0.1) is 5.92 Å². The molecule has 1 aliphatic heterocycles. The Hall–Kier alpha value is -3.21. The zero-order valence-electron chi connectivity index (χ0n) is 19.9. The highest BCUT2D eigenvalue weighted by Crippen LogP contribution is 2.46. The number of benzene rings is 2. The van der Waals surface area contributed by atoms with Crippen LogP contribution >= 0.6 is 0 Å². The van der Waals surface area contributed by atoms with Crippen LogP contribution in [0.5, 0.6) is 0 Å². The summed E-state index contributed by atoms with van der Waals surface area (Å²) in [6.45, 7) is 7.96. The van der Waals surface area contributed by atoms with Crippen LogP contribution in [-0.4, -0.2) is 37.7 Å². The van der Waals surface area contributed by atoms with Crippen molar-refractivity contribution in [1.29, 1.82) is 0 Å². The molecule has 172 valence electrons. The van der Waals surface area contributed by atoms with Crippen molar-refractivity contribution in [3.63, 3.8) is 0 Å². The summed E-state index contributed by atoms with van der Waals surface area (Å²) in [5, 5.41) is 0. The van der Waals surface area contributed by atoms with Gasteiger partial charge in [-0.25, -0.2) is 4.79 Å². The number of hydrogen-bond donors (Lipinski definition) is 0. The molecule has 5 nitrogen and oxygen atoms in total. The first kappa shape index (κ1) is 23.0. The number of nitrogens with zero attached hydrogens (tertiary/aromatic N) is 2. The summed E-state index contributed by atoms with van der Waals surface area (Å²) in [6, 6.07) is 18.4. The van der Waals surface area contributed by atoms with Crippen molar-refractivity contribution in [1.82, 2.24) is 0 Å². The molecule has 0 amide bonds. The third kappa shape index (κ3) is 4.37. The Bertz CT molecular complexity index is 1080. The van der Waals surface area contributed by atoms with Gasteiger partial charge in [0, 0.05) is 42.5 Å². The van der Waals surface area contributed by atoms with Gasteiger partial charge in [-0.05, 0) is 56.4 Å². The average molecular weight is 445 g/mol. The Morgan fingerprint density at radius 2 is 1.64 bits per heavy atom. The predicted octanol–water partition coefficient (Wildman–Crippen LogP) is 5.28. The predicted molar refractivity (Wildman–Crippen MR) is 132 cm³/mol. The van der Waals surface area contributed by atoms with E-state index in [4.69, 9.17) is 9.73 Å². The molecular weight excluding hydrogens is 412 g/mol. The number of anilines is 1. The van der Waals surface area contributed by atoms with Gasteiger partial charge >= 0.3 is 5.97 Å². The molecule has 0 saturated heterocycles. The standard InChI is InChI=1S/C28H32N2O3/c1-5-30(6-2)22-14-12-20(13-15-22)26-25(28(32)33-4)18(3)29-23-16-21(17-24(31)27(23)26)19-10-8-7-9-11-19/h7-15,21,26-27H,5-6,16-17H2,1-4H3/t21-,26-,27?/m0/s1. The van der Waals surface area contributed by atoms with Crippen LogP contribution in [0.4, 0.5) is 5.69 Å². The third-order valence-electron chi connectivity index (χ3n) is 7.01. The minimum absolute atomic E-state index is 0.117. The highest BCUT2D eigenvalue weighted by atomic mass is 16.5. The van der Waals surface area contributed by atoms with Crippen molar-refractivity contribution in [2.75, 3.05) is 25.1 Å². The summed E-state index contributed by atoms with van der Waals surface area (Å²) in [6.07, 6.45) is 1.18. The Morgan fingerprint density at radius 3 is 2.24 bits per heavy atom. The lowest BCUT2D eigenvalue weighted by molar-refractivity contribution is -0.136. The maximum Gasteiger partial charge on any atom is 0.336 e. The van der Waals surface area contributed by atoms with Crippen LogP contribution in [0.2, 0.25) is 0 Å². The van der Waals surface area contributed by atoms with Crippen LogP contribution in [0.1, 0.15) is 56.6 Å². The minimum atomic E-state index is -0.429. The molecule has 5 heteroatoms. The molecule has 4 rings (SSSR count). The average Bonchev–Trinajstić information content (AvgIpc) is 2.84. The van der Waals surface area contributed by atoms with Gasteiger partial charge in [-0.1, -0.05) is 42.5 Å². The molecule has 2 aromatic carbocycles. The van der Waals surface area contributed by atoms with Crippen LogP contribution in [-0.2, 0) is 14.3 Å². The first-order valence-corrected chi connectivity index (χ1v) is 11.8. The van der Waals surface area contributed by atoms with Crippen molar-refractivity contribution in [2.45, 2.75) is 45.4 Å². The molecule has 0 aromatic heterocycles. The number of fused-ring (bicyclic) bond motifs is 1. The number of rotatable bonds is 6. The fourth-order valence-corrected chi connectivity index (χ4v) is 5.35. The molecule has 2 aromatic rings. The summed E-state index contributed by atoms with van der Waals surface area (Å²) in [4.78, 5) is 33.5. The van der Waals surface area contributed by atoms with E-state index < -0.39 is 11.9 Å². The van der Waals surface area contributed by atoms with Crippen LogP contribution < -0.4 is 4.90 Å². The molecule has 2 aliphatic rings. The molecule has 1 unspecified atom stereocenters. The Balaban J connectivity index is 1.75. The lowest BCUT2D eigenvalue weighted by atomic mass is 9.66. The monoisotopic (exact) mass is 444 g/mol. The Morgan fingerprint density at radius 1 is 0.970 bits per heavy atom. The lowest BCUT2D eigenvalue weighted by Crippen LogP contribution is -2.41. The van der Waals surface area contributed by atoms with E-state index >= 15 is 0 Å². The Kier molecular flexibility index (Phi) is 6.77. The first-order chi connectivity index (χ1) is 16.0. The molecule has 33 heavy (non-hydrogen) atoms. The number of carbonyl (C=O) groups is 2. The zero-order valence-corrected chi connectivity index (χ0v) is 19.9. The van der Waals surface area contributed by atoms with Crippen molar-refractivity contribution in [2.24, 2.45) is 10.9 Å². The molecule has 1 saturated carbocycles. The fraction of sp³-hybridized carbons (Fsp3) is 0.393. The van der Waals surface area contributed by atoms with E-state index in [1.165, 1.54) is 7.11 Å². The van der Waals surface area contributed by atoms with E-state index in [0.29, 0.717) is 17.7 Å². The molecule has 1 heterocycles. The molecule has 1 fully saturated rings. The number of aliphatic imine (C=N–C) groups is 1. The van der Waals surface area contributed by atoms with Crippen molar-refractivity contribution in [3.8, 4) is 0 Å². The van der Waals surface area contributed by atoms with Gasteiger partial charge in [-0.2, -0.15) is 0 Å². The quantitative estimate of drug-likeness (QED) is 0.569. The van der Waals surface area contributed by atoms with Crippen molar-refractivity contribution >= 4 is 23.2 Å². The summed E-state index contributed by atoms with van der Waals surface area (Å²) in [5.41, 5.74) is 5.26. The molecule has 0 radical (unpaired) electrons. The maximum atomic E-state index is 13.6. The summed E-state index contributed by atoms with van der Waals surface area (Å²) in [5.74, 6) is -0.958. The smallest absolute Gasteiger partial charge is 0.336 e. The first-order valence-electron chi connectivity index (χ1n) is 11.8. The van der Waals surface area contributed by atoms with Gasteiger partial charge in [0.25, 0.3) is 0 Å². The van der Waals surface area contributed by atoms with E-state index in [1.54, 1.807) is 0 Å². The maximum absolute atomic E-state index is 13.6. The molecule has 0 spiro atoms. The van der Waals surface area contributed by atoms with Crippen LogP contribution in [0.3, 0.4) is 0 Å². The molecule has 1 aliphatic carbocycles. The Labute approximate surface area is 196 Å². The third-order valence-corrected chi connectivity index (χ3v) is 7.01. The number of hydrogen-bond acceptors (Lipinski definition) is 5. The second-order valence-corrected chi connectivity index (χ2v) is 8.80. The molecule has 0 bridgehead atoms. The van der Waals surface area contributed by atoms with E-state index in [0.717, 1.165) is 42.0 Å². The van der Waals surface area contributed by atoms with Crippen LogP contribution in [0.15, 0.2) is 70.9 Å². The number of esters is 1. The summed E-state index contributed by atoms with van der Waals surface area (Å²) < 4.78 is 5.13. The fourth-order valence-electron chi connectivity index (χ4n) is 5.35. The molecule has 3 atom stereocenters. The lowest BCUT2D eigenvalue weighted by Gasteiger charge is -2.38. The van der Waals surface area contributed by atoms with Gasteiger partial charge in [0.2, 0.25) is 0 Å². The van der Waals surface area contributed by atoms with Gasteiger partial charge in [0.15, 0.2) is 0 Å². The highest BCUT2D eigenvalue weighted by Gasteiger charge is 2.45. The molecule has 0 N–H and O–H groups in total.